The fourth-order valence-electron chi connectivity index (χ4n) is 3.71. The summed E-state index contributed by atoms with van der Waals surface area (Å²) in [5.41, 5.74) is 3.35. The molecule has 1 aromatic heterocycles. The van der Waals surface area contributed by atoms with Gasteiger partial charge in [-0.05, 0) is 24.8 Å². The molecule has 1 N–H and O–H groups in total. The van der Waals surface area contributed by atoms with Crippen LogP contribution >= 0.6 is 0 Å². The molecule has 1 fully saturated rings. The Morgan fingerprint density at radius 2 is 1.90 bits per heavy atom. The number of rotatable bonds is 10. The molecule has 6 heteroatoms. The number of nitrogens with zero attached hydrogens (tertiary/aromatic N) is 2. The van der Waals surface area contributed by atoms with Crippen molar-refractivity contribution in [3.63, 3.8) is 0 Å². The van der Waals surface area contributed by atoms with Gasteiger partial charge in [0.25, 0.3) is 5.91 Å². The summed E-state index contributed by atoms with van der Waals surface area (Å²) in [4.78, 5) is 12.9. The van der Waals surface area contributed by atoms with Crippen molar-refractivity contribution < 1.29 is 14.3 Å². The summed E-state index contributed by atoms with van der Waals surface area (Å²) in [5.74, 6) is -0.114. The third-order valence-electron chi connectivity index (χ3n) is 5.32. The van der Waals surface area contributed by atoms with Crippen LogP contribution in [0.25, 0.3) is 11.3 Å². The summed E-state index contributed by atoms with van der Waals surface area (Å²) in [6.45, 7) is 3.26. The summed E-state index contributed by atoms with van der Waals surface area (Å²) in [6.07, 6.45) is 5.02. The van der Waals surface area contributed by atoms with Gasteiger partial charge < -0.3 is 14.8 Å². The van der Waals surface area contributed by atoms with E-state index in [1.807, 2.05) is 59.4 Å². The Hall–Kier alpha value is -2.96. The lowest BCUT2D eigenvalue weighted by Gasteiger charge is -2.10. The van der Waals surface area contributed by atoms with E-state index in [-0.39, 0.29) is 12.0 Å². The molecular weight excluding hydrogens is 390 g/mol. The molecule has 3 aromatic rings. The average Bonchev–Trinajstić information content (AvgIpc) is 3.47. The fraction of sp³-hybridized carbons (Fsp3) is 0.360. The van der Waals surface area contributed by atoms with Crippen molar-refractivity contribution in [1.82, 2.24) is 15.1 Å². The molecule has 162 valence electrons. The Kier molecular flexibility index (Phi) is 7.47. The van der Waals surface area contributed by atoms with Crippen molar-refractivity contribution in [2.24, 2.45) is 0 Å². The summed E-state index contributed by atoms with van der Waals surface area (Å²) in [6, 6.07) is 19.9. The van der Waals surface area contributed by atoms with Crippen LogP contribution in [-0.4, -0.2) is 48.2 Å². The highest BCUT2D eigenvalue weighted by Gasteiger charge is 2.18. The number of aromatic nitrogens is 2. The normalized spacial score (nSPS) is 15.8. The van der Waals surface area contributed by atoms with Crippen LogP contribution in [0.3, 0.4) is 0 Å². The quantitative estimate of drug-likeness (QED) is 0.506. The molecule has 2 heterocycles. The number of benzene rings is 2. The molecule has 6 nitrogen and oxygen atoms in total. The zero-order valence-corrected chi connectivity index (χ0v) is 17.7. The minimum Gasteiger partial charge on any atom is -0.379 e. The SMILES string of the molecule is O=C(NCCCOCC1CCCO1)c1cn(Cc2ccccc2)nc1-c1ccccc1. The zero-order chi connectivity index (χ0) is 21.3. The van der Waals surface area contributed by atoms with E-state index < -0.39 is 0 Å². The smallest absolute Gasteiger partial charge is 0.255 e. The first kappa shape index (κ1) is 21.3. The van der Waals surface area contributed by atoms with Gasteiger partial charge in [0.15, 0.2) is 0 Å². The topological polar surface area (TPSA) is 65.4 Å². The molecule has 0 saturated carbocycles. The predicted octanol–water partition coefficient (Wildman–Crippen LogP) is 3.91. The number of hydrogen-bond donors (Lipinski definition) is 1. The highest BCUT2D eigenvalue weighted by molar-refractivity contribution is 5.99. The molecule has 4 rings (SSSR count). The van der Waals surface area contributed by atoms with Crippen molar-refractivity contribution in [1.29, 1.82) is 0 Å². The van der Waals surface area contributed by atoms with Crippen molar-refractivity contribution >= 4 is 5.91 Å². The third kappa shape index (κ3) is 6.03. The van der Waals surface area contributed by atoms with E-state index in [0.717, 1.165) is 37.0 Å². The first-order valence-electron chi connectivity index (χ1n) is 10.9. The zero-order valence-electron chi connectivity index (χ0n) is 17.7. The van der Waals surface area contributed by atoms with Crippen LogP contribution < -0.4 is 5.32 Å². The molecule has 0 spiro atoms. The summed E-state index contributed by atoms with van der Waals surface area (Å²) >= 11 is 0. The molecule has 1 aliphatic rings. The second-order valence-corrected chi connectivity index (χ2v) is 7.76. The van der Waals surface area contributed by atoms with E-state index >= 15 is 0 Å². The van der Waals surface area contributed by atoms with Crippen molar-refractivity contribution in [2.75, 3.05) is 26.4 Å². The lowest BCUT2D eigenvalue weighted by molar-refractivity contribution is 0.0166. The Balaban J connectivity index is 1.36. The van der Waals surface area contributed by atoms with E-state index in [4.69, 9.17) is 14.6 Å². The van der Waals surface area contributed by atoms with E-state index in [9.17, 15) is 4.79 Å². The van der Waals surface area contributed by atoms with Crippen LogP contribution in [0.2, 0.25) is 0 Å². The summed E-state index contributed by atoms with van der Waals surface area (Å²) < 4.78 is 13.1. The van der Waals surface area contributed by atoms with Gasteiger partial charge in [0, 0.05) is 31.5 Å². The summed E-state index contributed by atoms with van der Waals surface area (Å²) in [7, 11) is 0. The minimum atomic E-state index is -0.114. The van der Waals surface area contributed by atoms with E-state index in [1.165, 1.54) is 0 Å². The molecule has 1 unspecified atom stereocenters. The Morgan fingerprint density at radius 3 is 2.65 bits per heavy atom. The maximum atomic E-state index is 12.9. The Labute approximate surface area is 183 Å². The number of nitrogens with one attached hydrogen (secondary N) is 1. The van der Waals surface area contributed by atoms with Crippen LogP contribution in [0, 0.1) is 0 Å². The van der Waals surface area contributed by atoms with Gasteiger partial charge in [0.1, 0.15) is 5.69 Å². The first-order valence-corrected chi connectivity index (χ1v) is 10.9. The standard InChI is InChI=1S/C25H29N3O3/c29-25(26-14-8-15-30-19-22-13-7-16-31-22)23-18-28(17-20-9-3-1-4-10-20)27-24(23)21-11-5-2-6-12-21/h1-6,9-12,18,22H,7-8,13-17,19H2,(H,26,29). The van der Waals surface area contributed by atoms with Crippen molar-refractivity contribution in [3.8, 4) is 11.3 Å². The van der Waals surface area contributed by atoms with Crippen LogP contribution in [0.5, 0.6) is 0 Å². The maximum absolute atomic E-state index is 12.9. The van der Waals surface area contributed by atoms with Gasteiger partial charge in [0.2, 0.25) is 0 Å². The first-order chi connectivity index (χ1) is 15.3. The van der Waals surface area contributed by atoms with E-state index in [2.05, 4.69) is 17.4 Å². The fourth-order valence-corrected chi connectivity index (χ4v) is 3.71. The monoisotopic (exact) mass is 419 g/mol. The number of amides is 1. The Morgan fingerprint density at radius 1 is 1.13 bits per heavy atom. The van der Waals surface area contributed by atoms with Crippen LogP contribution in [-0.2, 0) is 16.0 Å². The van der Waals surface area contributed by atoms with Gasteiger partial charge in [-0.1, -0.05) is 60.7 Å². The lowest BCUT2D eigenvalue weighted by Crippen LogP contribution is -2.26. The molecule has 1 amide bonds. The molecular formula is C25H29N3O3. The van der Waals surface area contributed by atoms with Gasteiger partial charge >= 0.3 is 0 Å². The van der Waals surface area contributed by atoms with Crippen LogP contribution in [0.1, 0.15) is 35.2 Å². The van der Waals surface area contributed by atoms with Gasteiger partial charge in [0.05, 0.1) is 24.8 Å². The largest absolute Gasteiger partial charge is 0.379 e. The molecule has 31 heavy (non-hydrogen) atoms. The number of carbonyl (C=O) groups is 1. The third-order valence-corrected chi connectivity index (χ3v) is 5.32. The molecule has 2 aromatic carbocycles. The highest BCUT2D eigenvalue weighted by atomic mass is 16.5. The van der Waals surface area contributed by atoms with Crippen molar-refractivity contribution in [3.05, 3.63) is 78.0 Å². The number of hydrogen-bond acceptors (Lipinski definition) is 4. The molecule has 1 aliphatic heterocycles. The Bertz CT molecular complexity index is 951. The van der Waals surface area contributed by atoms with Crippen molar-refractivity contribution in [2.45, 2.75) is 31.9 Å². The van der Waals surface area contributed by atoms with E-state index in [1.54, 1.807) is 0 Å². The predicted molar refractivity (Wildman–Crippen MR) is 120 cm³/mol. The van der Waals surface area contributed by atoms with Crippen LogP contribution in [0.15, 0.2) is 66.9 Å². The number of ether oxygens (including phenoxy) is 2. The lowest BCUT2D eigenvalue weighted by atomic mass is 10.1. The van der Waals surface area contributed by atoms with Gasteiger partial charge in [-0.3, -0.25) is 9.48 Å². The molecule has 1 atom stereocenters. The molecule has 0 aliphatic carbocycles. The second kappa shape index (κ2) is 10.9. The minimum absolute atomic E-state index is 0.114. The maximum Gasteiger partial charge on any atom is 0.255 e. The van der Waals surface area contributed by atoms with Gasteiger partial charge in [-0.2, -0.15) is 5.10 Å². The van der Waals surface area contributed by atoms with Crippen LogP contribution in [0.4, 0.5) is 0 Å². The van der Waals surface area contributed by atoms with Gasteiger partial charge in [-0.25, -0.2) is 0 Å². The highest BCUT2D eigenvalue weighted by Crippen LogP contribution is 2.22. The molecule has 0 bridgehead atoms. The second-order valence-electron chi connectivity index (χ2n) is 7.76. The summed E-state index contributed by atoms with van der Waals surface area (Å²) in [5, 5.41) is 7.73. The van der Waals surface area contributed by atoms with Gasteiger partial charge in [-0.15, -0.1) is 0 Å². The number of carbonyl (C=O) groups excluding carboxylic acids is 1. The average molecular weight is 420 g/mol. The molecule has 1 saturated heterocycles. The van der Waals surface area contributed by atoms with E-state index in [0.29, 0.717) is 37.6 Å². The molecule has 0 radical (unpaired) electrons.